The van der Waals surface area contributed by atoms with Crippen molar-refractivity contribution in [1.29, 1.82) is 0 Å². The second kappa shape index (κ2) is 11.9. The van der Waals surface area contributed by atoms with Gasteiger partial charge >= 0.3 is 0 Å². The van der Waals surface area contributed by atoms with Crippen LogP contribution in [-0.4, -0.2) is 86.9 Å². The molecule has 2 N–H and O–H groups in total. The van der Waals surface area contributed by atoms with Crippen molar-refractivity contribution in [2.75, 3.05) is 65.6 Å². The fourth-order valence-corrected chi connectivity index (χ4v) is 3.84. The molecule has 2 saturated heterocycles. The largest absolute Gasteiger partial charge is 0.379 e. The number of unbranched alkanes of at least 4 members (excludes halogenated alkanes) is 1. The lowest BCUT2D eigenvalue weighted by Gasteiger charge is -2.39. The van der Waals surface area contributed by atoms with E-state index in [0.717, 1.165) is 57.8 Å². The molecule has 0 aromatic heterocycles. The predicted molar refractivity (Wildman–Crippen MR) is 115 cm³/mol. The molecule has 0 atom stereocenters. The number of hydrogen-bond acceptors (Lipinski definition) is 4. The van der Waals surface area contributed by atoms with Gasteiger partial charge < -0.3 is 20.3 Å². The molecule has 0 aromatic carbocycles. The molecule has 2 aliphatic rings. The average Bonchev–Trinajstić information content (AvgIpc) is 2.68. The van der Waals surface area contributed by atoms with Gasteiger partial charge in [-0.1, -0.05) is 6.92 Å². The van der Waals surface area contributed by atoms with E-state index in [2.05, 4.69) is 48.1 Å². The monoisotopic (exact) mass is 381 g/mol. The summed E-state index contributed by atoms with van der Waals surface area (Å²) in [5, 5.41) is 6.91. The Labute approximate surface area is 167 Å². The van der Waals surface area contributed by atoms with Crippen LogP contribution in [0, 0.1) is 5.92 Å². The Morgan fingerprint density at radius 1 is 1.07 bits per heavy atom. The van der Waals surface area contributed by atoms with Gasteiger partial charge in [-0.05, 0) is 72.0 Å². The molecule has 158 valence electrons. The maximum Gasteiger partial charge on any atom is 0.191 e. The van der Waals surface area contributed by atoms with Crippen LogP contribution >= 0.6 is 0 Å². The summed E-state index contributed by atoms with van der Waals surface area (Å²) < 4.78 is 5.48. The summed E-state index contributed by atoms with van der Waals surface area (Å²) in [4.78, 5) is 9.98. The maximum atomic E-state index is 5.48. The summed E-state index contributed by atoms with van der Waals surface area (Å²) in [7, 11) is 0. The van der Waals surface area contributed by atoms with Crippen LogP contribution in [0.5, 0.6) is 0 Å². The van der Waals surface area contributed by atoms with Gasteiger partial charge in [0.05, 0.1) is 19.8 Å². The lowest BCUT2D eigenvalue weighted by molar-refractivity contribution is -0.00683. The molecule has 2 aliphatic heterocycles. The Bertz CT molecular complexity index is 426. The zero-order valence-electron chi connectivity index (χ0n) is 18.2. The number of ether oxygens (including phenoxy) is 1. The van der Waals surface area contributed by atoms with Gasteiger partial charge in [0.25, 0.3) is 0 Å². The van der Waals surface area contributed by atoms with Gasteiger partial charge in [-0.25, -0.2) is 0 Å². The Morgan fingerprint density at radius 3 is 2.44 bits per heavy atom. The average molecular weight is 382 g/mol. The van der Waals surface area contributed by atoms with E-state index in [4.69, 9.17) is 9.73 Å². The van der Waals surface area contributed by atoms with Crippen molar-refractivity contribution >= 4 is 5.96 Å². The highest BCUT2D eigenvalue weighted by Gasteiger charge is 2.28. The predicted octanol–water partition coefficient (Wildman–Crippen LogP) is 2.16. The lowest BCUT2D eigenvalue weighted by atomic mass is 9.99. The number of nitrogens with one attached hydrogen (secondary N) is 2. The molecule has 0 radical (unpaired) electrons. The van der Waals surface area contributed by atoms with E-state index in [0.29, 0.717) is 0 Å². The first-order valence-corrected chi connectivity index (χ1v) is 11.1. The number of guanidine groups is 1. The van der Waals surface area contributed by atoms with Crippen LogP contribution in [-0.2, 0) is 4.74 Å². The number of nitrogens with zero attached hydrogens (tertiary/aromatic N) is 3. The van der Waals surface area contributed by atoms with Crippen molar-refractivity contribution in [3.05, 3.63) is 0 Å². The molecule has 0 aliphatic carbocycles. The van der Waals surface area contributed by atoms with Crippen molar-refractivity contribution in [3.63, 3.8) is 0 Å². The van der Waals surface area contributed by atoms with Crippen molar-refractivity contribution in [2.45, 2.75) is 58.9 Å². The molecule has 0 saturated carbocycles. The number of morpholine rings is 1. The van der Waals surface area contributed by atoms with Gasteiger partial charge in [-0.2, -0.15) is 0 Å². The molecule has 0 aromatic rings. The van der Waals surface area contributed by atoms with Crippen LogP contribution in [0.25, 0.3) is 0 Å². The molecule has 6 nitrogen and oxygen atoms in total. The molecule has 2 rings (SSSR count). The van der Waals surface area contributed by atoms with E-state index in [1.807, 2.05) is 0 Å². The summed E-state index contributed by atoms with van der Waals surface area (Å²) in [5.74, 6) is 1.87. The standard InChI is InChI=1S/C21H43N5O/c1-5-22-20(24-18-21(3,4)26-14-16-27-17-15-26)23-10-6-7-11-25-12-8-19(2)9-13-25/h19H,5-18H2,1-4H3,(H2,22,23,24). The van der Waals surface area contributed by atoms with Gasteiger partial charge in [0.2, 0.25) is 0 Å². The first-order chi connectivity index (χ1) is 13.0. The molecule has 2 heterocycles. The van der Waals surface area contributed by atoms with Gasteiger partial charge in [0.1, 0.15) is 0 Å². The number of hydrogen-bond donors (Lipinski definition) is 2. The van der Waals surface area contributed by atoms with Crippen molar-refractivity contribution in [3.8, 4) is 0 Å². The third-order valence-electron chi connectivity index (χ3n) is 5.91. The summed E-state index contributed by atoms with van der Waals surface area (Å²) in [6.45, 7) is 19.3. The molecule has 0 bridgehead atoms. The molecule has 0 amide bonds. The van der Waals surface area contributed by atoms with Crippen molar-refractivity contribution < 1.29 is 4.74 Å². The van der Waals surface area contributed by atoms with Crippen molar-refractivity contribution in [1.82, 2.24) is 20.4 Å². The van der Waals surface area contributed by atoms with Crippen LogP contribution < -0.4 is 10.6 Å². The van der Waals surface area contributed by atoms with Crippen LogP contribution in [0.15, 0.2) is 4.99 Å². The smallest absolute Gasteiger partial charge is 0.191 e. The number of piperidine rings is 1. The Kier molecular flexibility index (Phi) is 9.87. The second-order valence-corrected chi connectivity index (χ2v) is 8.77. The van der Waals surface area contributed by atoms with Crippen molar-refractivity contribution in [2.24, 2.45) is 10.9 Å². The van der Waals surface area contributed by atoms with E-state index >= 15 is 0 Å². The first-order valence-electron chi connectivity index (χ1n) is 11.1. The van der Waals surface area contributed by atoms with Gasteiger partial charge in [-0.15, -0.1) is 0 Å². The van der Waals surface area contributed by atoms with E-state index in [1.54, 1.807) is 0 Å². The molecule has 2 fully saturated rings. The summed E-state index contributed by atoms with van der Waals surface area (Å²) in [6.07, 6.45) is 5.20. The van der Waals surface area contributed by atoms with Gasteiger partial charge in [0, 0.05) is 31.7 Å². The Morgan fingerprint density at radius 2 is 1.78 bits per heavy atom. The van der Waals surface area contributed by atoms with Crippen LogP contribution in [0.1, 0.15) is 53.4 Å². The summed E-state index contributed by atoms with van der Waals surface area (Å²) in [6, 6.07) is 0. The molecule has 0 unspecified atom stereocenters. The number of rotatable bonds is 9. The number of aliphatic imine (C=N–C) groups is 1. The maximum absolute atomic E-state index is 5.48. The normalized spacial score (nSPS) is 21.4. The SMILES string of the molecule is CCNC(=NCC(C)(C)N1CCOCC1)NCCCCN1CCC(C)CC1. The first kappa shape index (κ1) is 22.4. The van der Waals surface area contributed by atoms with E-state index < -0.39 is 0 Å². The third-order valence-corrected chi connectivity index (χ3v) is 5.91. The Hall–Kier alpha value is -0.850. The topological polar surface area (TPSA) is 52.1 Å². The zero-order valence-corrected chi connectivity index (χ0v) is 18.2. The van der Waals surface area contributed by atoms with E-state index in [1.165, 1.54) is 45.3 Å². The molecule has 0 spiro atoms. The van der Waals surface area contributed by atoms with E-state index in [-0.39, 0.29) is 5.54 Å². The van der Waals surface area contributed by atoms with E-state index in [9.17, 15) is 0 Å². The third kappa shape index (κ3) is 8.36. The minimum atomic E-state index is 0.0670. The molecular weight excluding hydrogens is 338 g/mol. The summed E-state index contributed by atoms with van der Waals surface area (Å²) in [5.41, 5.74) is 0.0670. The Balaban J connectivity index is 1.66. The van der Waals surface area contributed by atoms with Gasteiger partial charge in [0.15, 0.2) is 5.96 Å². The highest BCUT2D eigenvalue weighted by molar-refractivity contribution is 5.79. The van der Waals surface area contributed by atoms with Gasteiger partial charge in [-0.3, -0.25) is 9.89 Å². The quantitative estimate of drug-likeness (QED) is 0.364. The zero-order chi connectivity index (χ0) is 19.5. The van der Waals surface area contributed by atoms with Crippen LogP contribution in [0.4, 0.5) is 0 Å². The minimum absolute atomic E-state index is 0.0670. The molecule has 27 heavy (non-hydrogen) atoms. The molecular formula is C21H43N5O. The minimum Gasteiger partial charge on any atom is -0.379 e. The fourth-order valence-electron chi connectivity index (χ4n) is 3.84. The fraction of sp³-hybridized carbons (Fsp3) is 0.952. The lowest BCUT2D eigenvalue weighted by Crippen LogP contribution is -2.52. The summed E-state index contributed by atoms with van der Waals surface area (Å²) >= 11 is 0. The second-order valence-electron chi connectivity index (χ2n) is 8.77. The highest BCUT2D eigenvalue weighted by Crippen LogP contribution is 2.17. The van der Waals surface area contributed by atoms with Crippen LogP contribution in [0.2, 0.25) is 0 Å². The molecule has 6 heteroatoms. The highest BCUT2D eigenvalue weighted by atomic mass is 16.5. The number of likely N-dealkylation sites (tertiary alicyclic amines) is 1. The van der Waals surface area contributed by atoms with Crippen LogP contribution in [0.3, 0.4) is 0 Å².